The summed E-state index contributed by atoms with van der Waals surface area (Å²) in [5.74, 6) is 0.360. The Labute approximate surface area is 183 Å². The first kappa shape index (κ1) is 19.7. The molecule has 5 rings (SSSR count). The van der Waals surface area contributed by atoms with Gasteiger partial charge >= 0.3 is 0 Å². The molecule has 3 aromatic heterocycles. The molecule has 1 fully saturated rings. The Bertz CT molecular complexity index is 1170. The third-order valence-corrected chi connectivity index (χ3v) is 6.17. The van der Waals surface area contributed by atoms with Crippen molar-refractivity contribution in [2.75, 3.05) is 37.7 Å². The van der Waals surface area contributed by atoms with Gasteiger partial charge in [0.25, 0.3) is 5.91 Å². The van der Waals surface area contributed by atoms with E-state index in [4.69, 9.17) is 4.74 Å². The van der Waals surface area contributed by atoms with Gasteiger partial charge < -0.3 is 19.9 Å². The van der Waals surface area contributed by atoms with Crippen LogP contribution in [0.2, 0.25) is 0 Å². The Morgan fingerprint density at radius 3 is 2.77 bits per heavy atom. The zero-order chi connectivity index (χ0) is 21.0. The second-order valence-electron chi connectivity index (χ2n) is 7.26. The Morgan fingerprint density at radius 1 is 1.16 bits per heavy atom. The van der Waals surface area contributed by atoms with E-state index in [1.165, 1.54) is 11.3 Å². The number of carbonyl (C=O) groups is 1. The van der Waals surface area contributed by atoms with Crippen LogP contribution < -0.4 is 10.2 Å². The lowest BCUT2D eigenvalue weighted by Crippen LogP contribution is -2.36. The minimum Gasteiger partial charge on any atom is -0.378 e. The molecule has 9 heteroatoms. The summed E-state index contributed by atoms with van der Waals surface area (Å²) >= 11 is 1.48. The summed E-state index contributed by atoms with van der Waals surface area (Å²) < 4.78 is 6.23. The fourth-order valence-corrected chi connectivity index (χ4v) is 4.42. The highest BCUT2D eigenvalue weighted by Crippen LogP contribution is 2.27. The number of hydrogen-bond acceptors (Lipinski definition) is 7. The summed E-state index contributed by atoms with van der Waals surface area (Å²) in [5.41, 5.74) is 4.21. The van der Waals surface area contributed by atoms with Gasteiger partial charge in [0, 0.05) is 49.2 Å². The molecule has 0 atom stereocenters. The second-order valence-corrected chi connectivity index (χ2v) is 8.18. The van der Waals surface area contributed by atoms with E-state index in [0.717, 1.165) is 53.5 Å². The number of aromatic nitrogens is 4. The van der Waals surface area contributed by atoms with E-state index in [1.807, 2.05) is 23.6 Å². The number of nitrogens with one attached hydrogen (secondary N) is 2. The van der Waals surface area contributed by atoms with Gasteiger partial charge in [-0.3, -0.25) is 4.79 Å². The Hall–Kier alpha value is -3.30. The van der Waals surface area contributed by atoms with Crippen molar-refractivity contribution in [2.45, 2.75) is 6.42 Å². The molecule has 4 aromatic rings. The highest BCUT2D eigenvalue weighted by atomic mass is 32.1. The molecule has 1 aliphatic rings. The molecule has 1 amide bonds. The minimum atomic E-state index is -0.194. The van der Waals surface area contributed by atoms with Gasteiger partial charge in [-0.25, -0.2) is 15.0 Å². The monoisotopic (exact) mass is 434 g/mol. The van der Waals surface area contributed by atoms with Crippen LogP contribution in [-0.4, -0.2) is 58.7 Å². The number of morpholine rings is 1. The molecule has 4 heterocycles. The third-order valence-electron chi connectivity index (χ3n) is 5.26. The van der Waals surface area contributed by atoms with Crippen LogP contribution in [0.5, 0.6) is 0 Å². The van der Waals surface area contributed by atoms with Gasteiger partial charge in [-0.05, 0) is 35.7 Å². The van der Waals surface area contributed by atoms with Crippen molar-refractivity contribution in [2.24, 2.45) is 0 Å². The van der Waals surface area contributed by atoms with Gasteiger partial charge in [0.2, 0.25) is 0 Å². The quantitative estimate of drug-likeness (QED) is 0.484. The number of ether oxygens (including phenoxy) is 1. The van der Waals surface area contributed by atoms with Gasteiger partial charge in [-0.1, -0.05) is 0 Å². The third kappa shape index (κ3) is 4.28. The summed E-state index contributed by atoms with van der Waals surface area (Å²) in [6, 6.07) is 10.1. The van der Waals surface area contributed by atoms with Gasteiger partial charge in [-0.15, -0.1) is 11.3 Å². The molecule has 31 heavy (non-hydrogen) atoms. The normalized spacial score (nSPS) is 14.1. The Morgan fingerprint density at radius 2 is 2.00 bits per heavy atom. The molecule has 0 radical (unpaired) electrons. The smallest absolute Gasteiger partial charge is 0.271 e. The molecular formula is C22H22N6O2S. The van der Waals surface area contributed by atoms with Gasteiger partial charge in [0.05, 0.1) is 29.8 Å². The number of nitrogens with zero attached hydrogens (tertiary/aromatic N) is 4. The number of aromatic amines is 1. The van der Waals surface area contributed by atoms with Crippen molar-refractivity contribution in [3.8, 4) is 11.4 Å². The maximum atomic E-state index is 12.9. The molecule has 0 aliphatic carbocycles. The van der Waals surface area contributed by atoms with Crippen molar-refractivity contribution >= 4 is 33.1 Å². The lowest BCUT2D eigenvalue weighted by atomic mass is 10.1. The number of fused-ring (bicyclic) bond motifs is 1. The molecule has 1 saturated heterocycles. The summed E-state index contributed by atoms with van der Waals surface area (Å²) in [7, 11) is 0. The van der Waals surface area contributed by atoms with Crippen molar-refractivity contribution in [1.29, 1.82) is 0 Å². The molecule has 2 N–H and O–H groups in total. The molecule has 0 bridgehead atoms. The number of amides is 1. The first-order chi connectivity index (χ1) is 15.3. The molecule has 8 nitrogen and oxygen atoms in total. The van der Waals surface area contributed by atoms with E-state index in [1.54, 1.807) is 12.5 Å². The van der Waals surface area contributed by atoms with Crippen molar-refractivity contribution in [3.05, 3.63) is 59.6 Å². The highest BCUT2D eigenvalue weighted by Gasteiger charge is 2.17. The van der Waals surface area contributed by atoms with Crippen molar-refractivity contribution in [3.63, 3.8) is 0 Å². The molecular weight excluding hydrogens is 412 g/mol. The molecule has 1 aromatic carbocycles. The number of thiophene rings is 1. The zero-order valence-corrected chi connectivity index (χ0v) is 17.7. The fraction of sp³-hybridized carbons (Fsp3) is 0.273. The van der Waals surface area contributed by atoms with E-state index in [-0.39, 0.29) is 5.91 Å². The van der Waals surface area contributed by atoms with Crippen LogP contribution in [0, 0.1) is 0 Å². The first-order valence-electron chi connectivity index (χ1n) is 10.2. The fourth-order valence-electron chi connectivity index (χ4n) is 3.61. The standard InChI is InChI=1S/C22H22N6O2S/c29-22(24-7-5-16-13-23-14-25-16)19-20-18(6-12-31-20)26-21(27-19)15-1-3-17(4-2-15)28-8-10-30-11-9-28/h1-4,6,12-14H,5,7-11H2,(H,23,25)(H,24,29). The van der Waals surface area contributed by atoms with Crippen LogP contribution >= 0.6 is 11.3 Å². The number of anilines is 1. The minimum absolute atomic E-state index is 0.194. The summed E-state index contributed by atoms with van der Waals surface area (Å²) in [5, 5.41) is 4.90. The number of H-pyrrole nitrogens is 1. The van der Waals surface area contributed by atoms with E-state index < -0.39 is 0 Å². The number of imidazole rings is 1. The van der Waals surface area contributed by atoms with Gasteiger partial charge in [0.15, 0.2) is 5.82 Å². The van der Waals surface area contributed by atoms with Crippen LogP contribution in [0.1, 0.15) is 16.2 Å². The number of benzene rings is 1. The number of carbonyl (C=O) groups excluding carboxylic acids is 1. The predicted molar refractivity (Wildman–Crippen MR) is 121 cm³/mol. The summed E-state index contributed by atoms with van der Waals surface area (Å²) in [6.45, 7) is 3.78. The number of hydrogen-bond donors (Lipinski definition) is 2. The van der Waals surface area contributed by atoms with Crippen LogP contribution in [0.4, 0.5) is 5.69 Å². The average Bonchev–Trinajstić information content (AvgIpc) is 3.51. The van der Waals surface area contributed by atoms with Crippen molar-refractivity contribution in [1.82, 2.24) is 25.3 Å². The van der Waals surface area contributed by atoms with Crippen LogP contribution in [0.3, 0.4) is 0 Å². The van der Waals surface area contributed by atoms with E-state index in [0.29, 0.717) is 24.5 Å². The molecule has 0 unspecified atom stereocenters. The summed E-state index contributed by atoms with van der Waals surface area (Å²) in [4.78, 5) is 31.5. The Kier molecular flexibility index (Phi) is 5.59. The Balaban J connectivity index is 1.37. The van der Waals surface area contributed by atoms with Crippen LogP contribution in [0.15, 0.2) is 48.2 Å². The van der Waals surface area contributed by atoms with Gasteiger partial charge in [-0.2, -0.15) is 0 Å². The maximum Gasteiger partial charge on any atom is 0.271 e. The molecule has 1 aliphatic heterocycles. The summed E-state index contributed by atoms with van der Waals surface area (Å²) in [6.07, 6.45) is 4.07. The predicted octanol–water partition coefficient (Wildman–Crippen LogP) is 2.89. The first-order valence-corrected chi connectivity index (χ1v) is 11.1. The van der Waals surface area contributed by atoms with Crippen molar-refractivity contribution < 1.29 is 9.53 Å². The van der Waals surface area contributed by atoms with E-state index >= 15 is 0 Å². The largest absolute Gasteiger partial charge is 0.378 e. The molecule has 0 saturated carbocycles. The average molecular weight is 435 g/mol. The highest BCUT2D eigenvalue weighted by molar-refractivity contribution is 7.17. The van der Waals surface area contributed by atoms with E-state index in [2.05, 4.69) is 42.3 Å². The van der Waals surface area contributed by atoms with Gasteiger partial charge in [0.1, 0.15) is 5.69 Å². The topological polar surface area (TPSA) is 96.0 Å². The lowest BCUT2D eigenvalue weighted by Gasteiger charge is -2.28. The second kappa shape index (κ2) is 8.83. The van der Waals surface area contributed by atoms with Crippen LogP contribution in [-0.2, 0) is 11.2 Å². The zero-order valence-electron chi connectivity index (χ0n) is 16.9. The SMILES string of the molecule is O=C(NCCc1cnc[nH]1)c1nc(-c2ccc(N3CCOCC3)cc2)nc2ccsc12. The lowest BCUT2D eigenvalue weighted by molar-refractivity contribution is 0.0951. The van der Waals surface area contributed by atoms with Crippen LogP contribution in [0.25, 0.3) is 21.6 Å². The number of rotatable bonds is 6. The molecule has 0 spiro atoms. The van der Waals surface area contributed by atoms with E-state index in [9.17, 15) is 4.79 Å². The molecule has 158 valence electrons. The maximum absolute atomic E-state index is 12.9.